The van der Waals surface area contributed by atoms with Crippen molar-refractivity contribution in [2.45, 2.75) is 19.3 Å². The Hall–Kier alpha value is -3.00. The van der Waals surface area contributed by atoms with E-state index in [0.29, 0.717) is 18.4 Å². The number of hydrogen-bond acceptors (Lipinski definition) is 7. The summed E-state index contributed by atoms with van der Waals surface area (Å²) in [5.41, 5.74) is 10.8. The van der Waals surface area contributed by atoms with Gasteiger partial charge in [-0.25, -0.2) is 0 Å². The number of allylic oxidation sites excluding steroid dienone is 2. The molecule has 28 heavy (non-hydrogen) atoms. The van der Waals surface area contributed by atoms with E-state index < -0.39 is 58.1 Å². The van der Waals surface area contributed by atoms with Crippen LogP contribution in [0.4, 0.5) is 5.69 Å². The van der Waals surface area contributed by atoms with Crippen LogP contribution in [0.5, 0.6) is 5.75 Å². The number of phenols is 1. The molecule has 0 saturated heterocycles. The van der Waals surface area contributed by atoms with E-state index in [1.807, 2.05) is 0 Å². The van der Waals surface area contributed by atoms with E-state index in [1.165, 1.54) is 6.07 Å². The molecule has 3 aliphatic carbocycles. The molecule has 1 fully saturated rings. The van der Waals surface area contributed by atoms with Gasteiger partial charge in [-0.05, 0) is 36.3 Å². The summed E-state index contributed by atoms with van der Waals surface area (Å²) >= 11 is 6.02. The molecule has 0 aliphatic heterocycles. The number of fused-ring (bicyclic) bond motifs is 3. The summed E-state index contributed by atoms with van der Waals surface area (Å²) in [5, 5.41) is 31.7. The number of nitrogens with two attached hydrogens (primary N) is 2. The number of aliphatic hydroxyl groups is 2. The molecule has 0 radical (unpaired) electrons. The van der Waals surface area contributed by atoms with Crippen LogP contribution >= 0.6 is 11.6 Å². The number of aromatic hydroxyl groups is 1. The highest BCUT2D eigenvalue weighted by Crippen LogP contribution is 2.51. The number of amides is 1. The highest BCUT2D eigenvalue weighted by atomic mass is 35.5. The summed E-state index contributed by atoms with van der Waals surface area (Å²) in [5.74, 6) is -5.85. The number of carbonyl (C=O) groups excluding carboxylic acids is 3. The summed E-state index contributed by atoms with van der Waals surface area (Å²) in [4.78, 5) is 36.9. The monoisotopic (exact) mass is 404 g/mol. The lowest BCUT2D eigenvalue weighted by Gasteiger charge is -2.41. The third-order valence-corrected chi connectivity index (χ3v) is 6.18. The van der Waals surface area contributed by atoms with Crippen molar-refractivity contribution in [3.05, 3.63) is 39.1 Å². The zero-order chi connectivity index (χ0) is 20.5. The number of anilines is 1. The Kier molecular flexibility index (Phi) is 3.94. The van der Waals surface area contributed by atoms with Crippen LogP contribution in [0.1, 0.15) is 24.0 Å². The van der Waals surface area contributed by atoms with Gasteiger partial charge in [-0.1, -0.05) is 11.6 Å². The van der Waals surface area contributed by atoms with Gasteiger partial charge in [0.15, 0.2) is 17.3 Å². The van der Waals surface area contributed by atoms with Crippen molar-refractivity contribution in [1.82, 2.24) is 0 Å². The molecule has 1 aromatic rings. The maximum atomic E-state index is 13.1. The first kappa shape index (κ1) is 18.4. The number of Topliss-reactive ketones (excluding diaryl/α,β-unsaturated/α-hetero) is 2. The predicted octanol–water partition coefficient (Wildman–Crippen LogP) is 1.54. The van der Waals surface area contributed by atoms with Gasteiger partial charge in [0.05, 0.1) is 22.2 Å². The summed E-state index contributed by atoms with van der Waals surface area (Å²) in [6.45, 7) is 0. The molecule has 3 aliphatic rings. The SMILES string of the molecule is NC(=O)C1=C(O)C2C(=O)C3=C(O)c4c(cc(Cl)c(N)c4O)CC3CC2CC1=O. The van der Waals surface area contributed by atoms with Gasteiger partial charge in [0.25, 0.3) is 5.91 Å². The van der Waals surface area contributed by atoms with Crippen LogP contribution in [-0.2, 0) is 20.8 Å². The van der Waals surface area contributed by atoms with Crippen LogP contribution in [0, 0.1) is 17.8 Å². The summed E-state index contributed by atoms with van der Waals surface area (Å²) < 4.78 is 0. The van der Waals surface area contributed by atoms with Crippen molar-refractivity contribution in [2.24, 2.45) is 23.5 Å². The van der Waals surface area contributed by atoms with Gasteiger partial charge in [-0.3, -0.25) is 14.4 Å². The summed E-state index contributed by atoms with van der Waals surface area (Å²) in [7, 11) is 0. The molecular weight excluding hydrogens is 388 g/mol. The van der Waals surface area contributed by atoms with Crippen LogP contribution in [-0.4, -0.2) is 32.8 Å². The molecule has 1 aromatic carbocycles. The fourth-order valence-corrected chi connectivity index (χ4v) is 4.90. The number of benzene rings is 1. The average Bonchev–Trinajstić information content (AvgIpc) is 2.58. The van der Waals surface area contributed by atoms with Gasteiger partial charge in [-0.2, -0.15) is 0 Å². The van der Waals surface area contributed by atoms with Crippen molar-refractivity contribution in [2.75, 3.05) is 5.73 Å². The molecule has 4 rings (SSSR count). The van der Waals surface area contributed by atoms with Crippen molar-refractivity contribution in [3.63, 3.8) is 0 Å². The number of rotatable bonds is 1. The molecule has 9 heteroatoms. The Morgan fingerprint density at radius 3 is 2.50 bits per heavy atom. The van der Waals surface area contributed by atoms with Crippen LogP contribution in [0.25, 0.3) is 5.76 Å². The minimum absolute atomic E-state index is 0.0328. The minimum atomic E-state index is -1.14. The zero-order valence-electron chi connectivity index (χ0n) is 14.5. The molecule has 1 amide bonds. The standard InChI is InChI=1S/C19H17ClN2O6/c20-8-3-6-1-5-2-7-4-9(23)13(19(22)28)17(26)11(7)15(24)10(5)16(25)12(6)18(27)14(8)21/h3,5,7,11,25-27H,1-2,4,21H2,(H2,22,28). The third kappa shape index (κ3) is 2.34. The lowest BCUT2D eigenvalue weighted by atomic mass is 9.61. The van der Waals surface area contributed by atoms with Gasteiger partial charge in [0.2, 0.25) is 0 Å². The zero-order valence-corrected chi connectivity index (χ0v) is 15.3. The highest BCUT2D eigenvalue weighted by Gasteiger charge is 2.50. The van der Waals surface area contributed by atoms with Crippen molar-refractivity contribution < 1.29 is 29.7 Å². The summed E-state index contributed by atoms with van der Waals surface area (Å²) in [6, 6.07) is 1.53. The smallest absolute Gasteiger partial charge is 0.255 e. The number of hydrogen-bond donors (Lipinski definition) is 5. The number of phenolic OH excluding ortho intramolecular Hbond substituents is 1. The van der Waals surface area contributed by atoms with Crippen LogP contribution in [0.2, 0.25) is 5.02 Å². The molecule has 1 saturated carbocycles. The molecule has 0 heterocycles. The van der Waals surface area contributed by atoms with E-state index >= 15 is 0 Å². The van der Waals surface area contributed by atoms with Gasteiger partial charge < -0.3 is 26.8 Å². The molecule has 0 bridgehead atoms. The first-order chi connectivity index (χ1) is 13.1. The predicted molar refractivity (Wildman–Crippen MR) is 99.3 cm³/mol. The first-order valence-electron chi connectivity index (χ1n) is 8.67. The van der Waals surface area contributed by atoms with E-state index in [0.717, 1.165) is 0 Å². The largest absolute Gasteiger partial charge is 0.511 e. The Balaban J connectivity index is 1.89. The molecule has 7 N–H and O–H groups in total. The fraction of sp³-hybridized carbons (Fsp3) is 0.316. The second kappa shape index (κ2) is 6.00. The van der Waals surface area contributed by atoms with Crippen molar-refractivity contribution in [3.8, 4) is 5.75 Å². The van der Waals surface area contributed by atoms with Gasteiger partial charge in [0.1, 0.15) is 17.1 Å². The Morgan fingerprint density at radius 1 is 1.18 bits per heavy atom. The molecular formula is C19H17ClN2O6. The first-order valence-corrected chi connectivity index (χ1v) is 9.04. The number of halogens is 1. The number of carbonyl (C=O) groups is 3. The maximum absolute atomic E-state index is 13.1. The molecule has 146 valence electrons. The molecule has 0 aromatic heterocycles. The lowest BCUT2D eigenvalue weighted by molar-refractivity contribution is -0.127. The normalized spacial score (nSPS) is 26.7. The van der Waals surface area contributed by atoms with Crippen molar-refractivity contribution >= 4 is 40.5 Å². The Labute approximate surface area is 164 Å². The fourth-order valence-electron chi connectivity index (χ4n) is 4.68. The van der Waals surface area contributed by atoms with Gasteiger partial charge in [0, 0.05) is 12.0 Å². The molecule has 0 spiro atoms. The summed E-state index contributed by atoms with van der Waals surface area (Å²) in [6.07, 6.45) is 0.544. The van der Waals surface area contributed by atoms with E-state index in [9.17, 15) is 29.7 Å². The third-order valence-electron chi connectivity index (χ3n) is 5.87. The van der Waals surface area contributed by atoms with E-state index in [2.05, 4.69) is 0 Å². The Bertz CT molecular complexity index is 1040. The van der Waals surface area contributed by atoms with Crippen LogP contribution < -0.4 is 11.5 Å². The molecule has 3 atom stereocenters. The number of primary amides is 1. The second-order valence-corrected chi connectivity index (χ2v) is 7.81. The van der Waals surface area contributed by atoms with Crippen molar-refractivity contribution in [1.29, 1.82) is 0 Å². The number of nitrogen functional groups attached to an aromatic ring is 1. The quantitative estimate of drug-likeness (QED) is 0.269. The van der Waals surface area contributed by atoms with E-state index in [4.69, 9.17) is 23.1 Å². The second-order valence-electron chi connectivity index (χ2n) is 7.41. The van der Waals surface area contributed by atoms with E-state index in [1.54, 1.807) is 0 Å². The number of aliphatic hydroxyl groups excluding tert-OH is 2. The van der Waals surface area contributed by atoms with Gasteiger partial charge in [-0.15, -0.1) is 0 Å². The Morgan fingerprint density at radius 2 is 1.86 bits per heavy atom. The molecule has 8 nitrogen and oxygen atoms in total. The highest BCUT2D eigenvalue weighted by molar-refractivity contribution is 6.33. The van der Waals surface area contributed by atoms with E-state index in [-0.39, 0.29) is 28.3 Å². The van der Waals surface area contributed by atoms with Gasteiger partial charge >= 0.3 is 0 Å². The lowest BCUT2D eigenvalue weighted by Crippen LogP contribution is -2.44. The number of ketones is 2. The molecule has 3 unspecified atom stereocenters. The van der Waals surface area contributed by atoms with Crippen LogP contribution in [0.15, 0.2) is 23.0 Å². The maximum Gasteiger partial charge on any atom is 0.255 e. The van der Waals surface area contributed by atoms with Crippen LogP contribution in [0.3, 0.4) is 0 Å². The average molecular weight is 405 g/mol. The topological polar surface area (TPSA) is 164 Å². The minimum Gasteiger partial charge on any atom is -0.511 e.